The van der Waals surface area contributed by atoms with Crippen molar-refractivity contribution in [1.29, 1.82) is 0 Å². The van der Waals surface area contributed by atoms with E-state index in [1.54, 1.807) is 6.92 Å². The third kappa shape index (κ3) is 4.09. The number of hydrogen-bond donors (Lipinski definition) is 0. The molecule has 3 heteroatoms. The smallest absolute Gasteiger partial charge is 0.139 e. The van der Waals surface area contributed by atoms with Crippen LogP contribution in [0.4, 0.5) is 0 Å². The Morgan fingerprint density at radius 1 is 1.18 bits per heavy atom. The molecule has 0 bridgehead atoms. The third-order valence-electron chi connectivity index (χ3n) is 1.59. The summed E-state index contributed by atoms with van der Waals surface area (Å²) in [6, 6.07) is 0. The number of ketones is 1. The van der Waals surface area contributed by atoms with E-state index in [1.807, 2.05) is 19.6 Å². The van der Waals surface area contributed by atoms with Crippen LogP contribution in [-0.4, -0.2) is 19.3 Å². The summed E-state index contributed by atoms with van der Waals surface area (Å²) in [5.74, 6) is 0.0671. The molecule has 0 aromatic rings. The number of carbonyl (C=O) groups excluding carboxylic acids is 2. The molecule has 0 heterocycles. The van der Waals surface area contributed by atoms with E-state index < -0.39 is 8.07 Å². The first-order valence-corrected chi connectivity index (χ1v) is 7.43. The second-order valence-corrected chi connectivity index (χ2v) is 8.80. The minimum absolute atomic E-state index is 0.0671. The van der Waals surface area contributed by atoms with Crippen LogP contribution < -0.4 is 0 Å². The average molecular weight is 172 g/mol. The van der Waals surface area contributed by atoms with Crippen LogP contribution in [0.25, 0.3) is 0 Å². The molecule has 0 aliphatic carbocycles. The maximum absolute atomic E-state index is 11.3. The third-order valence-corrected chi connectivity index (χ3v) is 3.44. The lowest BCUT2D eigenvalue weighted by Gasteiger charge is -2.12. The maximum atomic E-state index is 11.3. The van der Waals surface area contributed by atoms with Gasteiger partial charge in [0.2, 0.25) is 0 Å². The second-order valence-electron chi connectivity index (χ2n) is 3.74. The Morgan fingerprint density at radius 2 is 1.64 bits per heavy atom. The van der Waals surface area contributed by atoms with Gasteiger partial charge < -0.3 is 4.79 Å². The van der Waals surface area contributed by atoms with Gasteiger partial charge in [-0.25, -0.2) is 0 Å². The van der Waals surface area contributed by atoms with Crippen molar-refractivity contribution in [1.82, 2.24) is 0 Å². The van der Waals surface area contributed by atoms with Crippen molar-refractivity contribution in [2.45, 2.75) is 39.4 Å². The predicted octanol–water partition coefficient (Wildman–Crippen LogP) is 1.80. The Balaban J connectivity index is 3.99. The fourth-order valence-electron chi connectivity index (χ4n) is 0.569. The fraction of sp³-hybridized carbons (Fsp3) is 0.750. The zero-order chi connectivity index (χ0) is 9.07. The molecule has 0 atom stereocenters. The molecule has 0 unspecified atom stereocenters. The molecule has 0 rings (SSSR count). The molecule has 0 spiro atoms. The van der Waals surface area contributed by atoms with Crippen LogP contribution in [0.3, 0.4) is 0 Å². The molecular weight excluding hydrogens is 156 g/mol. The molecule has 0 N–H and O–H groups in total. The summed E-state index contributed by atoms with van der Waals surface area (Å²) < 4.78 is 0. The lowest BCUT2D eigenvalue weighted by molar-refractivity contribution is -0.123. The molecule has 0 aliphatic rings. The van der Waals surface area contributed by atoms with Crippen molar-refractivity contribution in [3.8, 4) is 0 Å². The molecule has 2 nitrogen and oxygen atoms in total. The summed E-state index contributed by atoms with van der Waals surface area (Å²) in [5.41, 5.74) is 0. The van der Waals surface area contributed by atoms with Gasteiger partial charge in [0.1, 0.15) is 19.3 Å². The highest BCUT2D eigenvalue weighted by atomic mass is 28.3. The summed E-state index contributed by atoms with van der Waals surface area (Å²) in [5, 5.41) is 0.171. The summed E-state index contributed by atoms with van der Waals surface area (Å²) in [6.45, 7) is 7.70. The quantitative estimate of drug-likeness (QED) is 0.478. The van der Waals surface area contributed by atoms with Gasteiger partial charge in [0.05, 0.1) is 6.42 Å². The molecule has 11 heavy (non-hydrogen) atoms. The average Bonchev–Trinajstić information content (AvgIpc) is 1.85. The largest absolute Gasteiger partial charge is 0.305 e. The first-order valence-electron chi connectivity index (χ1n) is 3.93. The van der Waals surface area contributed by atoms with E-state index in [-0.39, 0.29) is 17.6 Å². The van der Waals surface area contributed by atoms with Gasteiger partial charge in [0.25, 0.3) is 0 Å². The van der Waals surface area contributed by atoms with E-state index in [4.69, 9.17) is 0 Å². The zero-order valence-electron chi connectivity index (χ0n) is 7.73. The number of Topliss-reactive ketones (excluding diaryl/α,β-unsaturated/α-hetero) is 1. The van der Waals surface area contributed by atoms with Gasteiger partial charge in [-0.1, -0.05) is 26.6 Å². The van der Waals surface area contributed by atoms with Gasteiger partial charge >= 0.3 is 0 Å². The van der Waals surface area contributed by atoms with Gasteiger partial charge in [-0.2, -0.15) is 0 Å². The molecule has 0 aliphatic heterocycles. The van der Waals surface area contributed by atoms with Crippen LogP contribution in [0.2, 0.25) is 19.6 Å². The monoisotopic (exact) mass is 172 g/mol. The summed E-state index contributed by atoms with van der Waals surface area (Å²) >= 11 is 0. The molecule has 0 amide bonds. The number of carbonyl (C=O) groups is 2. The van der Waals surface area contributed by atoms with Crippen LogP contribution in [0.15, 0.2) is 0 Å². The highest BCUT2D eigenvalue weighted by molar-refractivity contribution is 7.03. The van der Waals surface area contributed by atoms with E-state index in [2.05, 4.69) is 0 Å². The molecule has 64 valence electrons. The zero-order valence-corrected chi connectivity index (χ0v) is 8.73. The van der Waals surface area contributed by atoms with Gasteiger partial charge in [-0.15, -0.1) is 0 Å². The SMILES string of the molecule is CCC(=O)CC(=O)[Si](C)(C)C. The molecule has 0 aromatic carbocycles. The van der Waals surface area contributed by atoms with Gasteiger partial charge in [-0.3, -0.25) is 4.79 Å². The standard InChI is InChI=1S/C8H16O2Si/c1-5-7(9)6-8(10)11(2,3)4/h5-6H2,1-4H3. The van der Waals surface area contributed by atoms with Crippen molar-refractivity contribution < 1.29 is 9.59 Å². The van der Waals surface area contributed by atoms with Crippen LogP contribution in [0.5, 0.6) is 0 Å². The molecule has 0 saturated carbocycles. The number of hydrogen-bond acceptors (Lipinski definition) is 2. The Bertz CT molecular complexity index is 167. The van der Waals surface area contributed by atoms with E-state index >= 15 is 0 Å². The Hall–Kier alpha value is -0.443. The van der Waals surface area contributed by atoms with Crippen molar-refractivity contribution in [2.24, 2.45) is 0 Å². The van der Waals surface area contributed by atoms with Crippen molar-refractivity contribution in [3.63, 3.8) is 0 Å². The minimum Gasteiger partial charge on any atom is -0.305 e. The first-order chi connectivity index (χ1) is 4.88. The second kappa shape index (κ2) is 3.81. The van der Waals surface area contributed by atoms with E-state index in [1.165, 1.54) is 0 Å². The molecule has 0 saturated heterocycles. The molecule has 0 radical (unpaired) electrons. The highest BCUT2D eigenvalue weighted by Gasteiger charge is 2.24. The van der Waals surface area contributed by atoms with E-state index in [0.717, 1.165) is 0 Å². The minimum atomic E-state index is -1.70. The molecular formula is C8H16O2Si. The summed E-state index contributed by atoms with van der Waals surface area (Å²) in [4.78, 5) is 22.1. The van der Waals surface area contributed by atoms with Gasteiger partial charge in [0, 0.05) is 6.42 Å². The highest BCUT2D eigenvalue weighted by Crippen LogP contribution is 2.06. The normalized spacial score (nSPS) is 11.3. The topological polar surface area (TPSA) is 34.1 Å². The predicted molar refractivity (Wildman–Crippen MR) is 48.3 cm³/mol. The maximum Gasteiger partial charge on any atom is 0.139 e. The first kappa shape index (κ1) is 10.6. The number of rotatable bonds is 4. The van der Waals surface area contributed by atoms with Gasteiger partial charge in [-0.05, 0) is 0 Å². The van der Waals surface area contributed by atoms with Crippen LogP contribution in [-0.2, 0) is 9.59 Å². The van der Waals surface area contributed by atoms with Gasteiger partial charge in [0.15, 0.2) is 0 Å². The molecule has 0 fully saturated rings. The summed E-state index contributed by atoms with van der Waals surface area (Å²) in [7, 11) is -1.70. The lowest BCUT2D eigenvalue weighted by atomic mass is 10.2. The van der Waals surface area contributed by atoms with Crippen molar-refractivity contribution in [3.05, 3.63) is 0 Å². The van der Waals surface area contributed by atoms with Crippen molar-refractivity contribution >= 4 is 19.3 Å². The van der Waals surface area contributed by atoms with Crippen LogP contribution >= 0.6 is 0 Å². The Morgan fingerprint density at radius 3 is 1.91 bits per heavy atom. The molecule has 0 aromatic heterocycles. The Kier molecular flexibility index (Phi) is 3.65. The summed E-state index contributed by atoms with van der Waals surface area (Å²) in [6.07, 6.45) is 0.641. The van der Waals surface area contributed by atoms with E-state index in [0.29, 0.717) is 6.42 Å². The van der Waals surface area contributed by atoms with E-state index in [9.17, 15) is 9.59 Å². The Labute approximate surface area is 69.0 Å². The van der Waals surface area contributed by atoms with Crippen molar-refractivity contribution in [2.75, 3.05) is 0 Å². The lowest BCUT2D eigenvalue weighted by Crippen LogP contribution is -2.34. The van der Waals surface area contributed by atoms with Crippen LogP contribution in [0, 0.1) is 0 Å². The van der Waals surface area contributed by atoms with Crippen LogP contribution in [0.1, 0.15) is 19.8 Å². The fourth-order valence-corrected chi connectivity index (χ4v) is 1.30.